The van der Waals surface area contributed by atoms with Crippen LogP contribution in [0, 0.1) is 0 Å². The van der Waals surface area contributed by atoms with Crippen molar-refractivity contribution in [2.24, 2.45) is 0 Å². The third-order valence-electron chi connectivity index (χ3n) is 5.19. The van der Waals surface area contributed by atoms with E-state index in [1.807, 2.05) is 24.9 Å². The van der Waals surface area contributed by atoms with Gasteiger partial charge in [0.1, 0.15) is 5.54 Å². The number of amides is 1. The van der Waals surface area contributed by atoms with E-state index in [4.69, 9.17) is 0 Å². The number of carbonyl (C=O) groups is 1. The van der Waals surface area contributed by atoms with Gasteiger partial charge in [-0.05, 0) is 36.9 Å². The maximum Gasteiger partial charge on any atom is 0.249 e. The van der Waals surface area contributed by atoms with Crippen LogP contribution < -0.4 is 0 Å². The van der Waals surface area contributed by atoms with Crippen molar-refractivity contribution in [2.75, 3.05) is 27.2 Å². The van der Waals surface area contributed by atoms with E-state index < -0.39 is 5.54 Å². The van der Waals surface area contributed by atoms with E-state index in [1.54, 1.807) is 17.4 Å². The molecule has 1 atom stereocenters. The van der Waals surface area contributed by atoms with Gasteiger partial charge in [-0.3, -0.25) is 9.69 Å². The summed E-state index contributed by atoms with van der Waals surface area (Å²) in [6.07, 6.45) is 8.37. The summed E-state index contributed by atoms with van der Waals surface area (Å²) in [4.78, 5) is 21.3. The lowest BCUT2D eigenvalue weighted by Crippen LogP contribution is -2.57. The number of piperidine rings is 1. The van der Waals surface area contributed by atoms with Crippen LogP contribution in [0.5, 0.6) is 0 Å². The fourth-order valence-electron chi connectivity index (χ4n) is 3.82. The number of rotatable bonds is 5. The zero-order valence-corrected chi connectivity index (χ0v) is 15.5. The van der Waals surface area contributed by atoms with E-state index in [9.17, 15) is 4.79 Å². The molecule has 5 heteroatoms. The molecule has 1 aliphatic heterocycles. The Bertz CT molecular complexity index is 693. The second kappa shape index (κ2) is 7.40. The number of likely N-dealkylation sites (tertiary alicyclic amines) is 1. The van der Waals surface area contributed by atoms with E-state index in [2.05, 4.69) is 41.1 Å². The van der Waals surface area contributed by atoms with E-state index >= 15 is 0 Å². The van der Waals surface area contributed by atoms with E-state index in [0.29, 0.717) is 0 Å². The number of likely N-dealkylation sites (N-methyl/N-ethyl adjacent to an activating group) is 1. The molecule has 1 aliphatic rings. The van der Waals surface area contributed by atoms with Crippen molar-refractivity contribution in [2.45, 2.75) is 38.3 Å². The fourth-order valence-corrected chi connectivity index (χ4v) is 3.82. The molecule has 0 aliphatic carbocycles. The molecule has 25 heavy (non-hydrogen) atoms. The van der Waals surface area contributed by atoms with Crippen LogP contribution in [0.15, 0.2) is 43.0 Å². The number of nitrogens with zero attached hydrogens (tertiary/aromatic N) is 4. The Labute approximate surface area is 150 Å². The molecule has 1 aromatic carbocycles. The number of hydrogen-bond acceptors (Lipinski definition) is 3. The Kier molecular flexibility index (Phi) is 5.23. The SMILES string of the molecule is CCc1ccc(CN2CCCC(C(=O)N(C)C)(n3ccnc3)C2)cc1. The Morgan fingerprint density at radius 3 is 2.56 bits per heavy atom. The summed E-state index contributed by atoms with van der Waals surface area (Å²) in [5.41, 5.74) is 2.11. The normalized spacial score (nSPS) is 21.2. The fraction of sp³-hybridized carbons (Fsp3) is 0.500. The van der Waals surface area contributed by atoms with Gasteiger partial charge in [0.15, 0.2) is 0 Å². The van der Waals surface area contributed by atoms with Gasteiger partial charge in [-0.25, -0.2) is 4.98 Å². The van der Waals surface area contributed by atoms with Gasteiger partial charge in [0, 0.05) is 39.6 Å². The third kappa shape index (κ3) is 3.61. The van der Waals surface area contributed by atoms with Crippen LogP contribution in [-0.4, -0.2) is 52.4 Å². The highest BCUT2D eigenvalue weighted by atomic mass is 16.2. The zero-order valence-electron chi connectivity index (χ0n) is 15.5. The topological polar surface area (TPSA) is 41.4 Å². The van der Waals surface area contributed by atoms with Crippen LogP contribution in [0.2, 0.25) is 0 Å². The molecule has 1 unspecified atom stereocenters. The number of aromatic nitrogens is 2. The first-order valence-corrected chi connectivity index (χ1v) is 9.05. The predicted molar refractivity (Wildman–Crippen MR) is 99.2 cm³/mol. The number of hydrogen-bond donors (Lipinski definition) is 0. The monoisotopic (exact) mass is 340 g/mol. The van der Waals surface area contributed by atoms with Crippen molar-refractivity contribution in [3.8, 4) is 0 Å². The molecule has 0 saturated carbocycles. The quantitative estimate of drug-likeness (QED) is 0.840. The standard InChI is InChI=1S/C20H28N4O/c1-4-17-6-8-18(9-7-17)14-23-12-5-10-20(15-23,19(25)22(2)3)24-13-11-21-16-24/h6-9,11,13,16H,4-5,10,12,14-15H2,1-3H3. The van der Waals surface area contributed by atoms with Crippen LogP contribution in [0.3, 0.4) is 0 Å². The number of carbonyl (C=O) groups excluding carboxylic acids is 1. The maximum absolute atomic E-state index is 13.1. The van der Waals surface area contributed by atoms with Crippen molar-refractivity contribution >= 4 is 5.91 Å². The van der Waals surface area contributed by atoms with Gasteiger partial charge < -0.3 is 9.47 Å². The van der Waals surface area contributed by atoms with Crippen molar-refractivity contribution in [3.05, 3.63) is 54.1 Å². The molecule has 1 fully saturated rings. The van der Waals surface area contributed by atoms with Crippen LogP contribution in [0.25, 0.3) is 0 Å². The van der Waals surface area contributed by atoms with Crippen LogP contribution in [0.1, 0.15) is 30.9 Å². The lowest BCUT2D eigenvalue weighted by Gasteiger charge is -2.43. The smallest absolute Gasteiger partial charge is 0.249 e. The molecule has 134 valence electrons. The van der Waals surface area contributed by atoms with Crippen LogP contribution in [-0.2, 0) is 23.3 Å². The molecule has 0 N–H and O–H groups in total. The van der Waals surface area contributed by atoms with Gasteiger partial charge in [0.05, 0.1) is 6.33 Å². The lowest BCUT2D eigenvalue weighted by molar-refractivity contribution is -0.141. The number of benzene rings is 1. The summed E-state index contributed by atoms with van der Waals surface area (Å²) in [5.74, 6) is 0.150. The van der Waals surface area contributed by atoms with E-state index in [-0.39, 0.29) is 5.91 Å². The second-order valence-electron chi connectivity index (χ2n) is 7.19. The molecule has 2 heterocycles. The van der Waals surface area contributed by atoms with Gasteiger partial charge in [-0.15, -0.1) is 0 Å². The average Bonchev–Trinajstić information content (AvgIpc) is 3.17. The van der Waals surface area contributed by atoms with Crippen LogP contribution in [0.4, 0.5) is 0 Å². The Morgan fingerprint density at radius 1 is 1.24 bits per heavy atom. The average molecular weight is 340 g/mol. The zero-order chi connectivity index (χ0) is 17.9. The summed E-state index contributed by atoms with van der Waals surface area (Å²) in [6, 6.07) is 8.82. The Balaban J connectivity index is 1.82. The number of imidazole rings is 1. The predicted octanol–water partition coefficient (Wildman–Crippen LogP) is 2.53. The van der Waals surface area contributed by atoms with Crippen molar-refractivity contribution in [3.63, 3.8) is 0 Å². The summed E-state index contributed by atoms with van der Waals surface area (Å²) in [6.45, 7) is 4.79. The minimum absolute atomic E-state index is 0.150. The molecule has 1 aromatic heterocycles. The first-order chi connectivity index (χ1) is 12.0. The maximum atomic E-state index is 13.1. The van der Waals surface area contributed by atoms with Gasteiger partial charge >= 0.3 is 0 Å². The minimum atomic E-state index is -0.554. The molecule has 5 nitrogen and oxygen atoms in total. The summed E-state index contributed by atoms with van der Waals surface area (Å²) < 4.78 is 2.00. The molecular formula is C20H28N4O. The molecule has 0 radical (unpaired) electrons. The number of aryl methyl sites for hydroxylation is 1. The van der Waals surface area contributed by atoms with Gasteiger partial charge in [0.25, 0.3) is 0 Å². The molecule has 0 bridgehead atoms. The van der Waals surface area contributed by atoms with Gasteiger partial charge in [-0.2, -0.15) is 0 Å². The van der Waals surface area contributed by atoms with Crippen LogP contribution >= 0.6 is 0 Å². The molecule has 1 saturated heterocycles. The summed E-state index contributed by atoms with van der Waals surface area (Å²) in [5, 5.41) is 0. The van der Waals surface area contributed by atoms with Crippen molar-refractivity contribution in [1.29, 1.82) is 0 Å². The first-order valence-electron chi connectivity index (χ1n) is 9.05. The van der Waals surface area contributed by atoms with Crippen molar-refractivity contribution in [1.82, 2.24) is 19.4 Å². The summed E-state index contributed by atoms with van der Waals surface area (Å²) >= 11 is 0. The highest BCUT2D eigenvalue weighted by molar-refractivity contribution is 5.84. The molecule has 3 rings (SSSR count). The van der Waals surface area contributed by atoms with Gasteiger partial charge in [0.2, 0.25) is 5.91 Å². The Hall–Kier alpha value is -2.14. The third-order valence-corrected chi connectivity index (χ3v) is 5.19. The molecule has 2 aromatic rings. The Morgan fingerprint density at radius 2 is 1.96 bits per heavy atom. The van der Waals surface area contributed by atoms with E-state index in [1.165, 1.54) is 11.1 Å². The minimum Gasteiger partial charge on any atom is -0.347 e. The largest absolute Gasteiger partial charge is 0.347 e. The second-order valence-corrected chi connectivity index (χ2v) is 7.19. The first kappa shape index (κ1) is 17.7. The highest BCUT2D eigenvalue weighted by Gasteiger charge is 2.44. The lowest BCUT2D eigenvalue weighted by atomic mass is 9.86. The molecular weight excluding hydrogens is 312 g/mol. The molecule has 0 spiro atoms. The van der Waals surface area contributed by atoms with Gasteiger partial charge in [-0.1, -0.05) is 31.2 Å². The van der Waals surface area contributed by atoms with E-state index in [0.717, 1.165) is 38.9 Å². The van der Waals surface area contributed by atoms with Crippen molar-refractivity contribution < 1.29 is 4.79 Å². The summed E-state index contributed by atoms with van der Waals surface area (Å²) in [7, 11) is 3.67. The highest BCUT2D eigenvalue weighted by Crippen LogP contribution is 2.31. The molecule has 1 amide bonds.